The molecular formula is C25H32F3N3O3. The summed E-state index contributed by atoms with van der Waals surface area (Å²) in [6.07, 6.45) is -4.56. The van der Waals surface area contributed by atoms with Gasteiger partial charge in [-0.25, -0.2) is 0 Å². The maximum Gasteiger partial charge on any atom is 0.418 e. The standard InChI is InChI=1S/C25H32F3N3O3/c1-18(2)15-30-10-12-31(13-11-30)16-19-8-9-22(23(14-19)33-3)34-17-24(32)29-21-7-5-4-6-20(21)25(26,27)28/h4-9,14,18H,10-13,15-17H2,1-3H3,(H,29,32). The molecule has 0 bridgehead atoms. The van der Waals surface area contributed by atoms with Crippen LogP contribution in [0, 0.1) is 5.92 Å². The zero-order chi connectivity index (χ0) is 24.7. The van der Waals surface area contributed by atoms with E-state index in [0.29, 0.717) is 17.4 Å². The minimum atomic E-state index is -4.56. The van der Waals surface area contributed by atoms with Crippen LogP contribution in [0.4, 0.5) is 18.9 Å². The normalized spacial score (nSPS) is 15.4. The van der Waals surface area contributed by atoms with Gasteiger partial charge in [0, 0.05) is 39.3 Å². The summed E-state index contributed by atoms with van der Waals surface area (Å²) in [6.45, 7) is 9.98. The summed E-state index contributed by atoms with van der Waals surface area (Å²) in [5.41, 5.74) is -0.153. The highest BCUT2D eigenvalue weighted by Crippen LogP contribution is 2.34. The molecule has 6 nitrogen and oxygen atoms in total. The minimum Gasteiger partial charge on any atom is -0.493 e. The molecule has 0 atom stereocenters. The van der Waals surface area contributed by atoms with Crippen molar-refractivity contribution in [3.63, 3.8) is 0 Å². The number of carbonyl (C=O) groups is 1. The lowest BCUT2D eigenvalue weighted by Crippen LogP contribution is -2.46. The molecule has 186 valence electrons. The quantitative estimate of drug-likeness (QED) is 0.574. The Morgan fingerprint density at radius 2 is 1.71 bits per heavy atom. The molecule has 0 aliphatic carbocycles. The predicted molar refractivity (Wildman–Crippen MR) is 125 cm³/mol. The third-order valence-electron chi connectivity index (χ3n) is 5.59. The summed E-state index contributed by atoms with van der Waals surface area (Å²) in [6, 6.07) is 10.3. The summed E-state index contributed by atoms with van der Waals surface area (Å²) < 4.78 is 50.3. The number of para-hydroxylation sites is 1. The number of rotatable bonds is 9. The second-order valence-corrected chi connectivity index (χ2v) is 8.84. The Bertz CT molecular complexity index is 958. The van der Waals surface area contributed by atoms with Crippen molar-refractivity contribution in [1.82, 2.24) is 9.80 Å². The van der Waals surface area contributed by atoms with Gasteiger partial charge in [0.2, 0.25) is 0 Å². The largest absolute Gasteiger partial charge is 0.493 e. The monoisotopic (exact) mass is 479 g/mol. The molecule has 2 aromatic carbocycles. The van der Waals surface area contributed by atoms with Gasteiger partial charge in [0.05, 0.1) is 18.4 Å². The molecule has 0 saturated carbocycles. The number of amides is 1. The van der Waals surface area contributed by atoms with Gasteiger partial charge in [-0.2, -0.15) is 13.2 Å². The Balaban J connectivity index is 1.55. The predicted octanol–water partition coefficient (Wildman–Crippen LogP) is 4.51. The van der Waals surface area contributed by atoms with E-state index in [1.807, 2.05) is 12.1 Å². The number of nitrogens with zero attached hydrogens (tertiary/aromatic N) is 2. The molecule has 3 rings (SSSR count). The lowest BCUT2D eigenvalue weighted by molar-refractivity contribution is -0.137. The number of piperazine rings is 1. The summed E-state index contributed by atoms with van der Waals surface area (Å²) in [5, 5.41) is 2.27. The SMILES string of the molecule is COc1cc(CN2CCN(CC(C)C)CC2)ccc1OCC(=O)Nc1ccccc1C(F)(F)F. The maximum absolute atomic E-state index is 13.1. The molecule has 1 N–H and O–H groups in total. The van der Waals surface area contributed by atoms with Gasteiger partial charge in [-0.1, -0.05) is 32.0 Å². The number of ether oxygens (including phenoxy) is 2. The van der Waals surface area contributed by atoms with E-state index in [1.54, 1.807) is 6.07 Å². The van der Waals surface area contributed by atoms with Gasteiger partial charge in [0.25, 0.3) is 5.91 Å². The number of alkyl halides is 3. The molecule has 1 aliphatic rings. The van der Waals surface area contributed by atoms with Crippen molar-refractivity contribution in [2.45, 2.75) is 26.6 Å². The third-order valence-corrected chi connectivity index (χ3v) is 5.59. The van der Waals surface area contributed by atoms with E-state index in [4.69, 9.17) is 9.47 Å². The Morgan fingerprint density at radius 1 is 1.03 bits per heavy atom. The van der Waals surface area contributed by atoms with Crippen LogP contribution < -0.4 is 14.8 Å². The molecule has 1 amide bonds. The van der Waals surface area contributed by atoms with E-state index in [-0.39, 0.29) is 5.69 Å². The Hall–Kier alpha value is -2.78. The first-order valence-corrected chi connectivity index (χ1v) is 11.4. The van der Waals surface area contributed by atoms with Crippen molar-refractivity contribution < 1.29 is 27.4 Å². The molecule has 1 heterocycles. The van der Waals surface area contributed by atoms with E-state index in [1.165, 1.54) is 25.3 Å². The van der Waals surface area contributed by atoms with E-state index in [0.717, 1.165) is 50.9 Å². The lowest BCUT2D eigenvalue weighted by atomic mass is 10.1. The number of carbonyl (C=O) groups excluding carboxylic acids is 1. The number of nitrogens with one attached hydrogen (secondary N) is 1. The van der Waals surface area contributed by atoms with Gasteiger partial charge in [0.15, 0.2) is 18.1 Å². The van der Waals surface area contributed by atoms with Crippen molar-refractivity contribution in [2.24, 2.45) is 5.92 Å². The number of hydrogen-bond donors (Lipinski definition) is 1. The smallest absolute Gasteiger partial charge is 0.418 e. The van der Waals surface area contributed by atoms with Crippen LogP contribution in [0.2, 0.25) is 0 Å². The molecule has 1 aliphatic heterocycles. The molecule has 0 unspecified atom stereocenters. The lowest BCUT2D eigenvalue weighted by Gasteiger charge is -2.35. The maximum atomic E-state index is 13.1. The third kappa shape index (κ3) is 7.36. The van der Waals surface area contributed by atoms with Crippen LogP contribution in [0.25, 0.3) is 0 Å². The molecule has 0 radical (unpaired) electrons. The highest BCUT2D eigenvalue weighted by atomic mass is 19.4. The van der Waals surface area contributed by atoms with Crippen molar-refractivity contribution in [3.8, 4) is 11.5 Å². The molecule has 34 heavy (non-hydrogen) atoms. The fraction of sp³-hybridized carbons (Fsp3) is 0.480. The Labute approximate surface area is 198 Å². The zero-order valence-corrected chi connectivity index (χ0v) is 19.8. The first-order valence-electron chi connectivity index (χ1n) is 11.4. The van der Waals surface area contributed by atoms with Gasteiger partial charge >= 0.3 is 6.18 Å². The van der Waals surface area contributed by atoms with Gasteiger partial charge in [0.1, 0.15) is 0 Å². The van der Waals surface area contributed by atoms with Crippen LogP contribution in [0.1, 0.15) is 25.0 Å². The molecule has 9 heteroatoms. The molecule has 1 saturated heterocycles. The van der Waals surface area contributed by atoms with Crippen LogP contribution in [-0.2, 0) is 17.5 Å². The van der Waals surface area contributed by atoms with Gasteiger partial charge in [-0.05, 0) is 35.7 Å². The summed E-state index contributed by atoms with van der Waals surface area (Å²) in [5.74, 6) is 0.790. The fourth-order valence-corrected chi connectivity index (χ4v) is 4.00. The molecular weight excluding hydrogens is 447 g/mol. The molecule has 1 fully saturated rings. The van der Waals surface area contributed by atoms with E-state index in [9.17, 15) is 18.0 Å². The van der Waals surface area contributed by atoms with Crippen LogP contribution in [-0.4, -0.2) is 62.1 Å². The number of hydrogen-bond acceptors (Lipinski definition) is 5. The molecule has 0 aromatic heterocycles. The Kier molecular flexibility index (Phi) is 8.79. The highest BCUT2D eigenvalue weighted by molar-refractivity contribution is 5.92. The van der Waals surface area contributed by atoms with Crippen molar-refractivity contribution in [1.29, 1.82) is 0 Å². The second kappa shape index (κ2) is 11.6. The molecule has 2 aromatic rings. The van der Waals surface area contributed by atoms with Crippen molar-refractivity contribution in [2.75, 3.05) is 51.8 Å². The Morgan fingerprint density at radius 3 is 2.35 bits per heavy atom. The topological polar surface area (TPSA) is 54.0 Å². The number of methoxy groups -OCH3 is 1. The number of benzene rings is 2. The fourth-order valence-electron chi connectivity index (χ4n) is 4.00. The van der Waals surface area contributed by atoms with Crippen LogP contribution >= 0.6 is 0 Å². The first-order chi connectivity index (χ1) is 16.2. The van der Waals surface area contributed by atoms with Crippen LogP contribution in [0.5, 0.6) is 11.5 Å². The summed E-state index contributed by atoms with van der Waals surface area (Å²) >= 11 is 0. The van der Waals surface area contributed by atoms with E-state index >= 15 is 0 Å². The average Bonchev–Trinajstić information content (AvgIpc) is 2.78. The van der Waals surface area contributed by atoms with E-state index < -0.39 is 24.3 Å². The number of halogens is 3. The second-order valence-electron chi connectivity index (χ2n) is 8.84. The molecule has 0 spiro atoms. The van der Waals surface area contributed by atoms with Crippen molar-refractivity contribution >= 4 is 11.6 Å². The van der Waals surface area contributed by atoms with Gasteiger partial charge in [-0.3, -0.25) is 9.69 Å². The summed E-state index contributed by atoms with van der Waals surface area (Å²) in [4.78, 5) is 17.1. The highest BCUT2D eigenvalue weighted by Gasteiger charge is 2.33. The first kappa shape index (κ1) is 25.8. The summed E-state index contributed by atoms with van der Waals surface area (Å²) in [7, 11) is 1.51. The van der Waals surface area contributed by atoms with E-state index in [2.05, 4.69) is 29.0 Å². The number of anilines is 1. The van der Waals surface area contributed by atoms with Gasteiger partial charge in [-0.15, -0.1) is 0 Å². The zero-order valence-electron chi connectivity index (χ0n) is 19.8. The van der Waals surface area contributed by atoms with Crippen LogP contribution in [0.3, 0.4) is 0 Å². The average molecular weight is 480 g/mol. The van der Waals surface area contributed by atoms with Crippen LogP contribution in [0.15, 0.2) is 42.5 Å². The minimum absolute atomic E-state index is 0.306. The van der Waals surface area contributed by atoms with Crippen molar-refractivity contribution in [3.05, 3.63) is 53.6 Å². The van der Waals surface area contributed by atoms with Gasteiger partial charge < -0.3 is 19.7 Å².